The Hall–Kier alpha value is -1.35. The zero-order chi connectivity index (χ0) is 20.5. The zero-order valence-electron chi connectivity index (χ0n) is 18.4. The largest absolute Gasteiger partial charge is 0.463 e. The first-order chi connectivity index (χ1) is 13.2. The molecule has 0 aliphatic heterocycles. The summed E-state index contributed by atoms with van der Waals surface area (Å²) in [6.45, 7) is 11.1. The molecule has 1 N–H and O–H groups in total. The van der Waals surface area contributed by atoms with Gasteiger partial charge in [-0.05, 0) is 73.0 Å². The minimum absolute atomic E-state index is 0.0249. The Labute approximate surface area is 170 Å². The van der Waals surface area contributed by atoms with E-state index in [1.807, 2.05) is 6.92 Å². The Bertz CT molecular complexity index is 710. The molecule has 2 aliphatic carbocycles. The van der Waals surface area contributed by atoms with Crippen LogP contribution in [0.5, 0.6) is 0 Å². The summed E-state index contributed by atoms with van der Waals surface area (Å²) >= 11 is 0. The average molecular weight is 387 g/mol. The van der Waals surface area contributed by atoms with Gasteiger partial charge in [0.1, 0.15) is 6.61 Å². The van der Waals surface area contributed by atoms with Gasteiger partial charge in [-0.2, -0.15) is 0 Å². The number of hydrogen-bond acceptors (Lipinski definition) is 3. The van der Waals surface area contributed by atoms with E-state index in [2.05, 4.69) is 45.9 Å². The number of rotatable bonds is 6. The van der Waals surface area contributed by atoms with Crippen LogP contribution in [0.4, 0.5) is 0 Å². The van der Waals surface area contributed by atoms with Crippen molar-refractivity contribution < 1.29 is 14.6 Å². The summed E-state index contributed by atoms with van der Waals surface area (Å²) in [5, 5.41) is 9.99. The highest BCUT2D eigenvalue weighted by molar-refractivity contribution is 5.77. The predicted octanol–water partition coefficient (Wildman–Crippen LogP) is 5.52. The summed E-state index contributed by atoms with van der Waals surface area (Å²) in [5.41, 5.74) is 3.88. The molecule has 28 heavy (non-hydrogen) atoms. The number of carbonyl (C=O) groups excluding carboxylic acids is 1. The van der Waals surface area contributed by atoms with Gasteiger partial charge in [0.15, 0.2) is 0 Å². The van der Waals surface area contributed by atoms with E-state index in [1.54, 1.807) is 0 Å². The standard InChI is InChI=1S/C25H38O3/c1-6-8-20(26)16-28-23(27)25(5)14-7-13-24(4)21-11-9-18(17(2)3)15-19(21)10-12-22(24)25/h9,11,15,17,20,22,26H,6-8,10,12-14,16H2,1-5H3. The fourth-order valence-corrected chi connectivity index (χ4v) is 5.87. The van der Waals surface area contributed by atoms with E-state index in [9.17, 15) is 9.90 Å². The summed E-state index contributed by atoms with van der Waals surface area (Å²) in [7, 11) is 0. The monoisotopic (exact) mass is 386 g/mol. The van der Waals surface area contributed by atoms with E-state index >= 15 is 0 Å². The summed E-state index contributed by atoms with van der Waals surface area (Å²) in [5.74, 6) is 0.722. The molecule has 4 atom stereocenters. The summed E-state index contributed by atoms with van der Waals surface area (Å²) < 4.78 is 5.64. The van der Waals surface area contributed by atoms with Crippen LogP contribution >= 0.6 is 0 Å². The number of aliphatic hydroxyl groups excluding tert-OH is 1. The molecule has 0 bridgehead atoms. The van der Waals surface area contributed by atoms with E-state index < -0.39 is 11.5 Å². The zero-order valence-corrected chi connectivity index (χ0v) is 18.4. The molecule has 3 rings (SSSR count). The van der Waals surface area contributed by atoms with Crippen molar-refractivity contribution in [1.29, 1.82) is 0 Å². The van der Waals surface area contributed by atoms with Crippen LogP contribution in [0.25, 0.3) is 0 Å². The van der Waals surface area contributed by atoms with Crippen LogP contribution in [0.15, 0.2) is 18.2 Å². The highest BCUT2D eigenvalue weighted by atomic mass is 16.5. The molecule has 1 aromatic rings. The van der Waals surface area contributed by atoms with Crippen molar-refractivity contribution in [3.63, 3.8) is 0 Å². The van der Waals surface area contributed by atoms with Gasteiger partial charge in [-0.25, -0.2) is 0 Å². The molecule has 1 fully saturated rings. The molecule has 2 aliphatic rings. The molecule has 0 spiro atoms. The van der Waals surface area contributed by atoms with Gasteiger partial charge in [-0.15, -0.1) is 0 Å². The van der Waals surface area contributed by atoms with Crippen molar-refractivity contribution in [2.24, 2.45) is 11.3 Å². The number of benzene rings is 1. The van der Waals surface area contributed by atoms with E-state index in [4.69, 9.17) is 4.74 Å². The maximum absolute atomic E-state index is 13.1. The Morgan fingerprint density at radius 3 is 2.71 bits per heavy atom. The number of ether oxygens (including phenoxy) is 1. The van der Waals surface area contributed by atoms with E-state index in [-0.39, 0.29) is 18.0 Å². The number of carbonyl (C=O) groups is 1. The minimum Gasteiger partial charge on any atom is -0.463 e. The second kappa shape index (κ2) is 8.18. The smallest absolute Gasteiger partial charge is 0.312 e. The van der Waals surface area contributed by atoms with Crippen molar-refractivity contribution in [3.8, 4) is 0 Å². The first-order valence-electron chi connectivity index (χ1n) is 11.2. The van der Waals surface area contributed by atoms with E-state index in [0.29, 0.717) is 18.3 Å². The lowest BCUT2D eigenvalue weighted by atomic mass is 9.49. The molecule has 3 nitrogen and oxygen atoms in total. The Balaban J connectivity index is 1.85. The van der Waals surface area contributed by atoms with E-state index in [1.165, 1.54) is 16.7 Å². The van der Waals surface area contributed by atoms with Gasteiger partial charge in [0.05, 0.1) is 11.5 Å². The second-order valence-corrected chi connectivity index (χ2v) is 9.89. The average Bonchev–Trinajstić information content (AvgIpc) is 2.65. The van der Waals surface area contributed by atoms with Gasteiger partial charge in [0.25, 0.3) is 0 Å². The number of aliphatic hydroxyl groups is 1. The molecular formula is C25H38O3. The van der Waals surface area contributed by atoms with Gasteiger partial charge in [0, 0.05) is 0 Å². The second-order valence-electron chi connectivity index (χ2n) is 9.89. The lowest BCUT2D eigenvalue weighted by Crippen LogP contribution is -2.53. The van der Waals surface area contributed by atoms with Gasteiger partial charge in [-0.1, -0.05) is 58.7 Å². The highest BCUT2D eigenvalue weighted by Crippen LogP contribution is 2.57. The van der Waals surface area contributed by atoms with Crippen LogP contribution in [0.3, 0.4) is 0 Å². The molecule has 0 amide bonds. The third-order valence-corrected chi connectivity index (χ3v) is 7.54. The molecule has 4 unspecified atom stereocenters. The van der Waals surface area contributed by atoms with Crippen LogP contribution in [0.1, 0.15) is 95.8 Å². The van der Waals surface area contributed by atoms with Gasteiger partial charge >= 0.3 is 5.97 Å². The minimum atomic E-state index is -0.547. The Kier molecular flexibility index (Phi) is 6.24. The van der Waals surface area contributed by atoms with Crippen LogP contribution in [0, 0.1) is 11.3 Å². The van der Waals surface area contributed by atoms with Crippen LogP contribution in [0.2, 0.25) is 0 Å². The maximum atomic E-state index is 13.1. The molecule has 156 valence electrons. The third kappa shape index (κ3) is 3.75. The van der Waals surface area contributed by atoms with Crippen LogP contribution < -0.4 is 0 Å². The molecule has 0 aromatic heterocycles. The Morgan fingerprint density at radius 2 is 2.04 bits per heavy atom. The molecule has 3 heteroatoms. The van der Waals surface area contributed by atoms with Crippen LogP contribution in [-0.4, -0.2) is 23.8 Å². The fourth-order valence-electron chi connectivity index (χ4n) is 5.87. The van der Waals surface area contributed by atoms with E-state index in [0.717, 1.165) is 38.5 Å². The first-order valence-corrected chi connectivity index (χ1v) is 11.2. The van der Waals surface area contributed by atoms with Gasteiger partial charge in [0.2, 0.25) is 0 Å². The normalized spacial score (nSPS) is 30.5. The SMILES string of the molecule is CCCC(O)COC(=O)C1(C)CCCC2(C)c3ccc(C(C)C)cc3CCC12. The van der Waals surface area contributed by atoms with Crippen molar-refractivity contribution in [3.05, 3.63) is 34.9 Å². The number of esters is 1. The molecule has 1 aromatic carbocycles. The number of aryl methyl sites for hydroxylation is 1. The number of fused-ring (bicyclic) bond motifs is 3. The van der Waals surface area contributed by atoms with Crippen molar-refractivity contribution >= 4 is 5.97 Å². The lowest BCUT2D eigenvalue weighted by Gasteiger charge is -2.54. The molecular weight excluding hydrogens is 348 g/mol. The lowest BCUT2D eigenvalue weighted by molar-refractivity contribution is -0.167. The topological polar surface area (TPSA) is 46.5 Å². The highest BCUT2D eigenvalue weighted by Gasteiger charge is 2.55. The van der Waals surface area contributed by atoms with Crippen molar-refractivity contribution in [2.75, 3.05) is 6.61 Å². The fraction of sp³-hybridized carbons (Fsp3) is 0.720. The summed E-state index contributed by atoms with van der Waals surface area (Å²) in [4.78, 5) is 13.1. The van der Waals surface area contributed by atoms with Crippen LogP contribution in [-0.2, 0) is 21.4 Å². The van der Waals surface area contributed by atoms with Crippen molar-refractivity contribution in [2.45, 2.75) is 97.0 Å². The summed E-state index contributed by atoms with van der Waals surface area (Å²) in [6.07, 6.45) is 6.16. The predicted molar refractivity (Wildman–Crippen MR) is 114 cm³/mol. The Morgan fingerprint density at radius 1 is 1.29 bits per heavy atom. The molecule has 0 saturated heterocycles. The van der Waals surface area contributed by atoms with Crippen molar-refractivity contribution in [1.82, 2.24) is 0 Å². The number of hydrogen-bond donors (Lipinski definition) is 1. The summed E-state index contributed by atoms with van der Waals surface area (Å²) in [6, 6.07) is 7.01. The molecule has 1 saturated carbocycles. The van der Waals surface area contributed by atoms with Gasteiger partial charge < -0.3 is 9.84 Å². The quantitative estimate of drug-likeness (QED) is 0.654. The van der Waals surface area contributed by atoms with Gasteiger partial charge in [-0.3, -0.25) is 4.79 Å². The first kappa shape index (κ1) is 21.4. The molecule has 0 radical (unpaired) electrons. The third-order valence-electron chi connectivity index (χ3n) is 7.54. The maximum Gasteiger partial charge on any atom is 0.312 e. The molecule has 0 heterocycles.